The number of aromatic nitrogens is 1. The molecular formula is C21H24N2O3S. The number of pyridine rings is 1. The van der Waals surface area contributed by atoms with Gasteiger partial charge in [0.2, 0.25) is 15.9 Å². The van der Waals surface area contributed by atoms with Crippen molar-refractivity contribution in [2.24, 2.45) is 0 Å². The number of sulfonamides is 1. The van der Waals surface area contributed by atoms with Gasteiger partial charge in [-0.15, -0.1) is 0 Å². The summed E-state index contributed by atoms with van der Waals surface area (Å²) in [7, 11) is -3.54. The Morgan fingerprint density at radius 1 is 1.07 bits per heavy atom. The van der Waals surface area contributed by atoms with Gasteiger partial charge in [-0.25, -0.2) is 18.1 Å². The van der Waals surface area contributed by atoms with Gasteiger partial charge in [0, 0.05) is 18.3 Å². The van der Waals surface area contributed by atoms with Crippen LogP contribution in [0.25, 0.3) is 6.08 Å². The number of fused-ring (bicyclic) bond motifs is 1. The highest BCUT2D eigenvalue weighted by atomic mass is 32.2. The Bertz CT molecular complexity index is 947. The van der Waals surface area contributed by atoms with Crippen molar-refractivity contribution in [1.82, 2.24) is 9.71 Å². The predicted octanol–water partition coefficient (Wildman–Crippen LogP) is 3.81. The van der Waals surface area contributed by atoms with Gasteiger partial charge in [-0.3, -0.25) is 0 Å². The standard InChI is InChI=1S/C21H24N2O3S/c24-27(25,20-12-11-16-6-1-2-7-17(16)14-20)23-15-18-8-5-13-22-21(18)26-19-9-3-4-10-19/h1-2,5-8,13-14,19,23H,3-4,9-12,15H2. The monoisotopic (exact) mass is 384 g/mol. The number of nitrogens with one attached hydrogen (secondary N) is 1. The number of ether oxygens (including phenoxy) is 1. The summed E-state index contributed by atoms with van der Waals surface area (Å²) >= 11 is 0. The van der Waals surface area contributed by atoms with Gasteiger partial charge in [0.1, 0.15) is 6.10 Å². The fourth-order valence-corrected chi connectivity index (χ4v) is 4.90. The van der Waals surface area contributed by atoms with E-state index in [0.29, 0.717) is 17.2 Å². The van der Waals surface area contributed by atoms with Crippen molar-refractivity contribution in [3.05, 3.63) is 64.2 Å². The summed E-state index contributed by atoms with van der Waals surface area (Å²) in [6, 6.07) is 11.6. The number of nitrogens with zero attached hydrogens (tertiary/aromatic N) is 1. The maximum absolute atomic E-state index is 12.8. The summed E-state index contributed by atoms with van der Waals surface area (Å²) in [6.07, 6.45) is 9.33. The molecule has 1 fully saturated rings. The van der Waals surface area contributed by atoms with Gasteiger partial charge >= 0.3 is 0 Å². The molecule has 0 atom stereocenters. The minimum atomic E-state index is -3.54. The van der Waals surface area contributed by atoms with Gasteiger partial charge in [0.25, 0.3) is 0 Å². The van der Waals surface area contributed by atoms with Crippen LogP contribution in [0.3, 0.4) is 0 Å². The number of allylic oxidation sites excluding steroid dienone is 1. The molecule has 0 radical (unpaired) electrons. The van der Waals surface area contributed by atoms with Crippen molar-refractivity contribution in [2.75, 3.05) is 0 Å². The van der Waals surface area contributed by atoms with E-state index in [9.17, 15) is 8.42 Å². The number of hydrogen-bond acceptors (Lipinski definition) is 4. The molecule has 5 nitrogen and oxygen atoms in total. The summed E-state index contributed by atoms with van der Waals surface area (Å²) in [5.74, 6) is 0.537. The highest BCUT2D eigenvalue weighted by Gasteiger charge is 2.23. The molecule has 27 heavy (non-hydrogen) atoms. The van der Waals surface area contributed by atoms with E-state index in [1.165, 1.54) is 18.4 Å². The topological polar surface area (TPSA) is 68.3 Å². The molecule has 0 saturated heterocycles. The van der Waals surface area contributed by atoms with E-state index < -0.39 is 10.0 Å². The van der Waals surface area contributed by atoms with Crippen molar-refractivity contribution in [1.29, 1.82) is 0 Å². The maximum Gasteiger partial charge on any atom is 0.237 e. The first kappa shape index (κ1) is 18.2. The predicted molar refractivity (Wildman–Crippen MR) is 106 cm³/mol. The SMILES string of the molecule is O=S(=O)(NCc1cccnc1OC1CCCC1)C1=Cc2ccccc2CC1. The Hall–Kier alpha value is -2.18. The fourth-order valence-electron chi connectivity index (χ4n) is 3.71. The van der Waals surface area contributed by atoms with E-state index in [4.69, 9.17) is 4.74 Å². The van der Waals surface area contributed by atoms with Crippen LogP contribution >= 0.6 is 0 Å². The average Bonchev–Trinajstić information content (AvgIpc) is 3.20. The molecule has 142 valence electrons. The minimum Gasteiger partial charge on any atom is -0.474 e. The van der Waals surface area contributed by atoms with E-state index in [-0.39, 0.29) is 12.6 Å². The van der Waals surface area contributed by atoms with Gasteiger partial charge in [-0.1, -0.05) is 30.3 Å². The van der Waals surface area contributed by atoms with Gasteiger partial charge < -0.3 is 4.74 Å². The van der Waals surface area contributed by atoms with Crippen molar-refractivity contribution >= 4 is 16.1 Å². The molecule has 2 aromatic rings. The van der Waals surface area contributed by atoms with Crippen molar-refractivity contribution in [3.8, 4) is 5.88 Å². The molecule has 1 heterocycles. The van der Waals surface area contributed by atoms with Gasteiger partial charge in [-0.05, 0) is 61.8 Å². The largest absolute Gasteiger partial charge is 0.474 e. The first-order valence-electron chi connectivity index (χ1n) is 9.50. The molecule has 0 spiro atoms. The van der Waals surface area contributed by atoms with E-state index in [2.05, 4.69) is 9.71 Å². The summed E-state index contributed by atoms with van der Waals surface area (Å²) in [5, 5.41) is 0. The Labute approximate surface area is 160 Å². The molecule has 6 heteroatoms. The van der Waals surface area contributed by atoms with Gasteiger partial charge in [-0.2, -0.15) is 0 Å². The average molecular weight is 385 g/mol. The third kappa shape index (κ3) is 4.22. The smallest absolute Gasteiger partial charge is 0.237 e. The molecule has 1 aromatic heterocycles. The van der Waals surface area contributed by atoms with Gasteiger partial charge in [0.05, 0.1) is 4.91 Å². The van der Waals surface area contributed by atoms with Crippen molar-refractivity contribution < 1.29 is 13.2 Å². The molecule has 0 unspecified atom stereocenters. The molecular weight excluding hydrogens is 360 g/mol. The summed E-state index contributed by atoms with van der Waals surface area (Å²) < 4.78 is 34.3. The number of rotatable bonds is 6. The summed E-state index contributed by atoms with van der Waals surface area (Å²) in [4.78, 5) is 4.75. The molecule has 4 rings (SSSR count). The normalized spacial score (nSPS) is 17.4. The molecule has 2 aliphatic carbocycles. The second-order valence-electron chi connectivity index (χ2n) is 7.13. The molecule has 2 aliphatic rings. The van der Waals surface area contributed by atoms with Crippen LogP contribution in [0.1, 0.15) is 48.8 Å². The van der Waals surface area contributed by atoms with E-state index >= 15 is 0 Å². The third-order valence-corrected chi connectivity index (χ3v) is 6.78. The highest BCUT2D eigenvalue weighted by Crippen LogP contribution is 2.28. The first-order valence-corrected chi connectivity index (χ1v) is 11.0. The number of benzene rings is 1. The lowest BCUT2D eigenvalue weighted by Gasteiger charge is -2.18. The zero-order valence-electron chi connectivity index (χ0n) is 15.2. The van der Waals surface area contributed by atoms with E-state index in [1.54, 1.807) is 18.3 Å². The van der Waals surface area contributed by atoms with Crippen LogP contribution in [-0.4, -0.2) is 19.5 Å². The molecule has 0 bridgehead atoms. The fraction of sp³-hybridized carbons (Fsp3) is 0.381. The lowest BCUT2D eigenvalue weighted by Crippen LogP contribution is -2.26. The second-order valence-corrected chi connectivity index (χ2v) is 8.95. The van der Waals surface area contributed by atoms with Crippen LogP contribution in [0, 0.1) is 0 Å². The van der Waals surface area contributed by atoms with E-state index in [0.717, 1.165) is 30.4 Å². The van der Waals surface area contributed by atoms with E-state index in [1.807, 2.05) is 30.3 Å². The van der Waals surface area contributed by atoms with Crippen LogP contribution in [-0.2, 0) is 23.0 Å². The zero-order valence-corrected chi connectivity index (χ0v) is 16.0. The first-order chi connectivity index (χ1) is 13.1. The quantitative estimate of drug-likeness (QED) is 0.822. The Morgan fingerprint density at radius 2 is 1.89 bits per heavy atom. The number of aryl methyl sites for hydroxylation is 1. The Kier molecular flexibility index (Phi) is 5.27. The molecule has 0 aliphatic heterocycles. The number of hydrogen-bond donors (Lipinski definition) is 1. The minimum absolute atomic E-state index is 0.178. The summed E-state index contributed by atoms with van der Waals surface area (Å²) in [6.45, 7) is 0.178. The zero-order chi connectivity index (χ0) is 18.7. The molecule has 1 N–H and O–H groups in total. The van der Waals surface area contributed by atoms with Crippen LogP contribution in [0.5, 0.6) is 5.88 Å². The van der Waals surface area contributed by atoms with Gasteiger partial charge in [0.15, 0.2) is 0 Å². The second kappa shape index (κ2) is 7.82. The highest BCUT2D eigenvalue weighted by molar-refractivity contribution is 7.93. The van der Waals surface area contributed by atoms with Crippen molar-refractivity contribution in [2.45, 2.75) is 51.2 Å². The third-order valence-electron chi connectivity index (χ3n) is 5.24. The van der Waals surface area contributed by atoms with Crippen molar-refractivity contribution in [3.63, 3.8) is 0 Å². The van der Waals surface area contributed by atoms with Crippen LogP contribution in [0.2, 0.25) is 0 Å². The molecule has 1 saturated carbocycles. The summed E-state index contributed by atoms with van der Waals surface area (Å²) in [5.41, 5.74) is 2.94. The Morgan fingerprint density at radius 3 is 2.74 bits per heavy atom. The lowest BCUT2D eigenvalue weighted by molar-refractivity contribution is 0.199. The lowest BCUT2D eigenvalue weighted by atomic mass is 9.98. The molecule has 0 amide bonds. The van der Waals surface area contributed by atoms with Crippen LogP contribution < -0.4 is 9.46 Å². The van der Waals surface area contributed by atoms with Crippen LogP contribution in [0.4, 0.5) is 0 Å². The Balaban J connectivity index is 1.48. The maximum atomic E-state index is 12.8. The molecule has 1 aromatic carbocycles. The van der Waals surface area contributed by atoms with Crippen LogP contribution in [0.15, 0.2) is 47.5 Å².